The number of nitrogens with zero attached hydrogens (tertiary/aromatic N) is 6. The maximum atomic E-state index is 12.7. The predicted molar refractivity (Wildman–Crippen MR) is 126 cm³/mol. The van der Waals surface area contributed by atoms with Gasteiger partial charge in [-0.25, -0.2) is 15.0 Å². The SMILES string of the molecule is CC1CCN(CCNC(=O)C2CCN(c3ncnc4c3nc3n4CCCCC3)CC2)CC1. The van der Waals surface area contributed by atoms with E-state index in [4.69, 9.17) is 4.98 Å². The lowest BCUT2D eigenvalue weighted by Gasteiger charge is -2.33. The molecule has 8 heteroatoms. The number of aromatic nitrogens is 4. The van der Waals surface area contributed by atoms with Gasteiger partial charge >= 0.3 is 0 Å². The standard InChI is InChI=1S/C24H37N7O/c1-18-6-12-29(13-7-18)16-10-25-24(32)19-8-14-30(15-9-19)22-21-23(27-17-26-22)31-11-4-2-3-5-20(31)28-21/h17-19H,2-16H2,1H3,(H,25,32). The van der Waals surface area contributed by atoms with Crippen molar-refractivity contribution in [3.8, 4) is 0 Å². The summed E-state index contributed by atoms with van der Waals surface area (Å²) in [4.78, 5) is 31.6. The number of rotatable bonds is 5. The van der Waals surface area contributed by atoms with Crippen molar-refractivity contribution in [2.45, 2.75) is 64.8 Å². The topological polar surface area (TPSA) is 79.2 Å². The summed E-state index contributed by atoms with van der Waals surface area (Å²) in [5, 5.41) is 3.19. The fourth-order valence-corrected chi connectivity index (χ4v) is 5.48. The van der Waals surface area contributed by atoms with Crippen LogP contribution < -0.4 is 10.2 Å². The molecule has 0 aromatic carbocycles. The summed E-state index contributed by atoms with van der Waals surface area (Å²) in [6, 6.07) is 0. The number of carbonyl (C=O) groups is 1. The van der Waals surface area contributed by atoms with Crippen molar-refractivity contribution in [2.24, 2.45) is 11.8 Å². The van der Waals surface area contributed by atoms with Gasteiger partial charge in [-0.15, -0.1) is 0 Å². The van der Waals surface area contributed by atoms with Crippen molar-refractivity contribution in [3.05, 3.63) is 12.2 Å². The lowest BCUT2D eigenvalue weighted by Crippen LogP contribution is -2.43. The second-order valence-corrected chi connectivity index (χ2v) is 9.94. The molecular weight excluding hydrogens is 402 g/mol. The number of aryl methyl sites for hydroxylation is 2. The highest BCUT2D eigenvalue weighted by Crippen LogP contribution is 2.29. The average Bonchev–Trinajstić information content (AvgIpc) is 3.01. The van der Waals surface area contributed by atoms with Gasteiger partial charge in [0.25, 0.3) is 0 Å². The molecule has 3 aliphatic rings. The van der Waals surface area contributed by atoms with E-state index < -0.39 is 0 Å². The second kappa shape index (κ2) is 9.73. The molecule has 32 heavy (non-hydrogen) atoms. The highest BCUT2D eigenvalue weighted by Gasteiger charge is 2.28. The zero-order valence-corrected chi connectivity index (χ0v) is 19.4. The molecule has 0 spiro atoms. The van der Waals surface area contributed by atoms with Gasteiger partial charge in [-0.3, -0.25) is 4.79 Å². The Morgan fingerprint density at radius 2 is 1.84 bits per heavy atom. The Labute approximate surface area is 190 Å². The number of fused-ring (bicyclic) bond motifs is 3. The van der Waals surface area contributed by atoms with Crippen LogP contribution in [0.15, 0.2) is 6.33 Å². The minimum Gasteiger partial charge on any atom is -0.355 e. The molecule has 0 atom stereocenters. The molecule has 174 valence electrons. The summed E-state index contributed by atoms with van der Waals surface area (Å²) in [5.41, 5.74) is 1.90. The summed E-state index contributed by atoms with van der Waals surface area (Å²) < 4.78 is 2.29. The Hall–Kier alpha value is -2.22. The molecule has 0 bridgehead atoms. The lowest BCUT2D eigenvalue weighted by molar-refractivity contribution is -0.125. The van der Waals surface area contributed by atoms with Crippen LogP contribution in [-0.4, -0.2) is 69.6 Å². The van der Waals surface area contributed by atoms with Gasteiger partial charge < -0.3 is 19.7 Å². The van der Waals surface area contributed by atoms with Gasteiger partial charge in [0.15, 0.2) is 17.0 Å². The molecule has 0 unspecified atom stereocenters. The van der Waals surface area contributed by atoms with E-state index in [2.05, 4.69) is 36.6 Å². The van der Waals surface area contributed by atoms with E-state index in [9.17, 15) is 4.79 Å². The van der Waals surface area contributed by atoms with Gasteiger partial charge in [-0.05, 0) is 57.5 Å². The number of hydrogen-bond donors (Lipinski definition) is 1. The third-order valence-corrected chi connectivity index (χ3v) is 7.64. The van der Waals surface area contributed by atoms with Crippen molar-refractivity contribution < 1.29 is 4.79 Å². The lowest BCUT2D eigenvalue weighted by atomic mass is 9.96. The molecular formula is C24H37N7O. The number of hydrogen-bond acceptors (Lipinski definition) is 6. The van der Waals surface area contributed by atoms with Crippen LogP contribution in [0.3, 0.4) is 0 Å². The Kier molecular flexibility index (Phi) is 6.57. The molecule has 0 aliphatic carbocycles. The number of nitrogens with one attached hydrogen (secondary N) is 1. The molecule has 2 fully saturated rings. The van der Waals surface area contributed by atoms with Crippen molar-refractivity contribution in [3.63, 3.8) is 0 Å². The van der Waals surface area contributed by atoms with E-state index in [0.29, 0.717) is 0 Å². The zero-order chi connectivity index (χ0) is 21.9. The van der Waals surface area contributed by atoms with Crippen LogP contribution in [0.1, 0.15) is 57.7 Å². The van der Waals surface area contributed by atoms with E-state index in [-0.39, 0.29) is 11.8 Å². The number of amides is 1. The summed E-state index contributed by atoms with van der Waals surface area (Å²) in [6.45, 7) is 9.09. The van der Waals surface area contributed by atoms with Gasteiger partial charge in [0.2, 0.25) is 5.91 Å². The number of anilines is 1. The Morgan fingerprint density at radius 1 is 1.03 bits per heavy atom. The quantitative estimate of drug-likeness (QED) is 0.772. The summed E-state index contributed by atoms with van der Waals surface area (Å²) in [5.74, 6) is 3.25. The highest BCUT2D eigenvalue weighted by molar-refractivity contribution is 5.84. The number of imidazole rings is 1. The number of carbonyl (C=O) groups excluding carboxylic acids is 1. The van der Waals surface area contributed by atoms with Gasteiger partial charge in [0.05, 0.1) is 0 Å². The van der Waals surface area contributed by atoms with Crippen LogP contribution in [0.5, 0.6) is 0 Å². The maximum absolute atomic E-state index is 12.7. The van der Waals surface area contributed by atoms with Crippen molar-refractivity contribution in [1.29, 1.82) is 0 Å². The van der Waals surface area contributed by atoms with Crippen molar-refractivity contribution in [1.82, 2.24) is 29.7 Å². The largest absolute Gasteiger partial charge is 0.355 e. The maximum Gasteiger partial charge on any atom is 0.223 e. The molecule has 5 heterocycles. The molecule has 2 saturated heterocycles. The minimum absolute atomic E-state index is 0.101. The fraction of sp³-hybridized carbons (Fsp3) is 0.750. The smallest absolute Gasteiger partial charge is 0.223 e. The monoisotopic (exact) mass is 439 g/mol. The van der Waals surface area contributed by atoms with Crippen LogP contribution in [0.25, 0.3) is 11.2 Å². The van der Waals surface area contributed by atoms with E-state index in [1.807, 2.05) is 0 Å². The summed E-state index contributed by atoms with van der Waals surface area (Å²) in [6.07, 6.45) is 10.6. The van der Waals surface area contributed by atoms with Gasteiger partial charge in [-0.1, -0.05) is 13.3 Å². The molecule has 1 N–H and O–H groups in total. The van der Waals surface area contributed by atoms with Crippen LogP contribution in [0, 0.1) is 11.8 Å². The fourth-order valence-electron chi connectivity index (χ4n) is 5.48. The first-order valence-corrected chi connectivity index (χ1v) is 12.6. The molecule has 3 aliphatic heterocycles. The van der Waals surface area contributed by atoms with E-state index in [0.717, 1.165) is 80.7 Å². The molecule has 0 radical (unpaired) electrons. The van der Waals surface area contributed by atoms with E-state index in [1.54, 1.807) is 6.33 Å². The van der Waals surface area contributed by atoms with Crippen molar-refractivity contribution >= 4 is 22.9 Å². The van der Waals surface area contributed by atoms with Crippen molar-refractivity contribution in [2.75, 3.05) is 44.2 Å². The van der Waals surface area contributed by atoms with E-state index in [1.165, 1.54) is 45.2 Å². The summed E-state index contributed by atoms with van der Waals surface area (Å²) in [7, 11) is 0. The van der Waals surface area contributed by atoms with Crippen LogP contribution >= 0.6 is 0 Å². The third-order valence-electron chi connectivity index (χ3n) is 7.64. The Morgan fingerprint density at radius 3 is 2.66 bits per heavy atom. The molecule has 5 rings (SSSR count). The van der Waals surface area contributed by atoms with Gasteiger partial charge in [-0.2, -0.15) is 0 Å². The van der Waals surface area contributed by atoms with Gasteiger partial charge in [0.1, 0.15) is 12.2 Å². The minimum atomic E-state index is 0.101. The molecule has 2 aromatic rings. The molecule has 1 amide bonds. The number of likely N-dealkylation sites (tertiary alicyclic amines) is 1. The van der Waals surface area contributed by atoms with E-state index >= 15 is 0 Å². The molecule has 8 nitrogen and oxygen atoms in total. The summed E-state index contributed by atoms with van der Waals surface area (Å²) >= 11 is 0. The zero-order valence-electron chi connectivity index (χ0n) is 19.4. The molecule has 0 saturated carbocycles. The number of piperidine rings is 2. The van der Waals surface area contributed by atoms with Gasteiger partial charge in [0, 0.05) is 45.1 Å². The Balaban J connectivity index is 1.15. The third kappa shape index (κ3) is 4.60. The first-order chi connectivity index (χ1) is 15.7. The van der Waals surface area contributed by atoms with Crippen LogP contribution in [0.2, 0.25) is 0 Å². The van der Waals surface area contributed by atoms with Crippen LogP contribution in [-0.2, 0) is 17.8 Å². The highest BCUT2D eigenvalue weighted by atomic mass is 16.1. The average molecular weight is 440 g/mol. The second-order valence-electron chi connectivity index (χ2n) is 9.94. The molecule has 2 aromatic heterocycles. The first kappa shape index (κ1) is 21.6. The predicted octanol–water partition coefficient (Wildman–Crippen LogP) is 2.62. The van der Waals surface area contributed by atoms with Crippen LogP contribution in [0.4, 0.5) is 5.82 Å². The Bertz CT molecular complexity index is 926. The first-order valence-electron chi connectivity index (χ1n) is 12.6. The normalized spacial score (nSPS) is 21.5.